The molecule has 0 aliphatic heterocycles. The van der Waals surface area contributed by atoms with Crippen LogP contribution in [0.5, 0.6) is 0 Å². The predicted octanol–water partition coefficient (Wildman–Crippen LogP) is 3.37. The van der Waals surface area contributed by atoms with Gasteiger partial charge in [0.2, 0.25) is 5.91 Å². The van der Waals surface area contributed by atoms with Crippen LogP contribution in [0.4, 0.5) is 0 Å². The van der Waals surface area contributed by atoms with Gasteiger partial charge in [0.05, 0.1) is 17.7 Å². The lowest BCUT2D eigenvalue weighted by Crippen LogP contribution is -2.49. The summed E-state index contributed by atoms with van der Waals surface area (Å²) in [5.74, 6) is 0.0948. The first kappa shape index (κ1) is 15.1. The second-order valence-electron chi connectivity index (χ2n) is 6.09. The number of halogens is 1. The number of hydrogen-bond donors (Lipinski definition) is 1. The van der Waals surface area contributed by atoms with Gasteiger partial charge in [-0.2, -0.15) is 5.10 Å². The Morgan fingerprint density at radius 3 is 2.55 bits per heavy atom. The van der Waals surface area contributed by atoms with Crippen molar-refractivity contribution >= 4 is 17.5 Å². The van der Waals surface area contributed by atoms with Crippen molar-refractivity contribution in [2.45, 2.75) is 37.6 Å². The molecule has 1 aromatic carbocycles. The Morgan fingerprint density at radius 2 is 2.05 bits per heavy atom. The number of aryl methyl sites for hydroxylation is 1. The van der Waals surface area contributed by atoms with Crippen molar-refractivity contribution in [3.63, 3.8) is 0 Å². The molecule has 0 spiro atoms. The van der Waals surface area contributed by atoms with Crippen molar-refractivity contribution in [3.8, 4) is 0 Å². The number of nitrogens with one attached hydrogen (secondary N) is 1. The lowest BCUT2D eigenvalue weighted by Gasteiger charge is -2.41. The monoisotopic (exact) mass is 317 g/mol. The van der Waals surface area contributed by atoms with Gasteiger partial charge in [0, 0.05) is 23.8 Å². The van der Waals surface area contributed by atoms with E-state index in [0.717, 1.165) is 30.4 Å². The molecule has 4 nitrogen and oxygen atoms in total. The molecule has 1 fully saturated rings. The lowest BCUT2D eigenvalue weighted by atomic mass is 9.63. The smallest absolute Gasteiger partial charge is 0.231 e. The van der Waals surface area contributed by atoms with Crippen LogP contribution in [0.2, 0.25) is 5.02 Å². The third-order valence-corrected chi connectivity index (χ3v) is 4.86. The van der Waals surface area contributed by atoms with Crippen LogP contribution in [0.25, 0.3) is 0 Å². The largest absolute Gasteiger partial charge is 0.349 e. The summed E-state index contributed by atoms with van der Waals surface area (Å²) in [6.07, 6.45) is 6.58. The number of hydrogen-bond acceptors (Lipinski definition) is 2. The van der Waals surface area contributed by atoms with Crippen molar-refractivity contribution in [1.29, 1.82) is 0 Å². The molecular weight excluding hydrogens is 298 g/mol. The Labute approximate surface area is 135 Å². The molecule has 0 saturated heterocycles. The van der Waals surface area contributed by atoms with Gasteiger partial charge in [0.25, 0.3) is 0 Å². The Balaban J connectivity index is 1.78. The van der Waals surface area contributed by atoms with Crippen LogP contribution in [-0.2, 0) is 17.3 Å². The van der Waals surface area contributed by atoms with Crippen LogP contribution in [0, 0.1) is 0 Å². The van der Waals surface area contributed by atoms with Gasteiger partial charge in [0.15, 0.2) is 0 Å². The average molecular weight is 318 g/mol. The van der Waals surface area contributed by atoms with Gasteiger partial charge in [-0.15, -0.1) is 0 Å². The number of aromatic nitrogens is 2. The zero-order valence-corrected chi connectivity index (χ0v) is 13.6. The highest BCUT2D eigenvalue weighted by Crippen LogP contribution is 2.44. The van der Waals surface area contributed by atoms with Gasteiger partial charge in [-0.1, -0.05) is 30.2 Å². The highest BCUT2D eigenvalue weighted by atomic mass is 35.5. The zero-order chi connectivity index (χ0) is 15.7. The summed E-state index contributed by atoms with van der Waals surface area (Å²) in [7, 11) is 1.87. The van der Waals surface area contributed by atoms with Crippen molar-refractivity contribution in [2.24, 2.45) is 7.05 Å². The van der Waals surface area contributed by atoms with Gasteiger partial charge in [-0.3, -0.25) is 9.48 Å². The van der Waals surface area contributed by atoms with E-state index in [4.69, 9.17) is 11.6 Å². The van der Waals surface area contributed by atoms with Crippen LogP contribution in [0.15, 0.2) is 36.7 Å². The van der Waals surface area contributed by atoms with E-state index in [2.05, 4.69) is 10.4 Å². The van der Waals surface area contributed by atoms with Crippen molar-refractivity contribution in [3.05, 3.63) is 52.8 Å². The molecule has 1 aromatic heterocycles. The van der Waals surface area contributed by atoms with Crippen molar-refractivity contribution in [1.82, 2.24) is 15.1 Å². The van der Waals surface area contributed by atoms with Crippen molar-refractivity contribution < 1.29 is 4.79 Å². The molecule has 116 valence electrons. The number of carbonyl (C=O) groups is 1. The van der Waals surface area contributed by atoms with Gasteiger partial charge in [-0.05, 0) is 37.5 Å². The van der Waals surface area contributed by atoms with E-state index in [-0.39, 0.29) is 11.9 Å². The van der Waals surface area contributed by atoms with Crippen LogP contribution >= 0.6 is 11.6 Å². The maximum atomic E-state index is 12.9. The Kier molecular flexibility index (Phi) is 3.96. The predicted molar refractivity (Wildman–Crippen MR) is 86.7 cm³/mol. The third kappa shape index (κ3) is 2.63. The van der Waals surface area contributed by atoms with Gasteiger partial charge in [0.1, 0.15) is 0 Å². The number of carbonyl (C=O) groups excluding carboxylic acids is 1. The molecule has 1 amide bonds. The second-order valence-corrected chi connectivity index (χ2v) is 6.52. The standard InChI is InChI=1S/C17H20ClN3O/c1-12(13-10-19-21(2)11-13)20-16(22)17(8-3-9-17)14-4-6-15(18)7-5-14/h4-7,10-12H,3,8-9H2,1-2H3,(H,20,22)/t12-/m0/s1. The maximum Gasteiger partial charge on any atom is 0.231 e. The van der Waals surface area contributed by atoms with Crippen LogP contribution in [0.3, 0.4) is 0 Å². The molecule has 1 saturated carbocycles. The second kappa shape index (κ2) is 5.76. The SMILES string of the molecule is C[C@H](NC(=O)C1(c2ccc(Cl)cc2)CCC1)c1cnn(C)c1. The minimum Gasteiger partial charge on any atom is -0.349 e. The quantitative estimate of drug-likeness (QED) is 0.939. The van der Waals surface area contributed by atoms with Crippen LogP contribution in [0.1, 0.15) is 43.4 Å². The Bertz CT molecular complexity index is 673. The molecule has 1 aliphatic rings. The zero-order valence-electron chi connectivity index (χ0n) is 12.8. The Morgan fingerprint density at radius 1 is 1.36 bits per heavy atom. The Hall–Kier alpha value is -1.81. The topological polar surface area (TPSA) is 46.9 Å². The van der Waals surface area contributed by atoms with Gasteiger partial charge >= 0.3 is 0 Å². The summed E-state index contributed by atoms with van der Waals surface area (Å²) in [5.41, 5.74) is 1.67. The van der Waals surface area contributed by atoms with E-state index >= 15 is 0 Å². The molecule has 0 radical (unpaired) electrons. The number of nitrogens with zero attached hydrogens (tertiary/aromatic N) is 2. The number of amides is 1. The fraction of sp³-hybridized carbons (Fsp3) is 0.412. The molecule has 1 N–H and O–H groups in total. The van der Waals surface area contributed by atoms with Gasteiger partial charge < -0.3 is 5.32 Å². The summed E-state index contributed by atoms with van der Waals surface area (Å²) < 4.78 is 1.75. The molecule has 0 unspecified atom stereocenters. The minimum atomic E-state index is -0.402. The summed E-state index contributed by atoms with van der Waals surface area (Å²) in [5, 5.41) is 8.00. The normalized spacial score (nSPS) is 17.6. The molecule has 0 bridgehead atoms. The molecule has 3 rings (SSSR count). The fourth-order valence-corrected chi connectivity index (χ4v) is 3.15. The molecular formula is C17H20ClN3O. The molecule has 5 heteroatoms. The van der Waals surface area contributed by atoms with Crippen LogP contribution in [-0.4, -0.2) is 15.7 Å². The highest BCUT2D eigenvalue weighted by Gasteiger charge is 2.45. The highest BCUT2D eigenvalue weighted by molar-refractivity contribution is 6.30. The number of benzene rings is 1. The third-order valence-electron chi connectivity index (χ3n) is 4.61. The molecule has 1 heterocycles. The molecule has 22 heavy (non-hydrogen) atoms. The minimum absolute atomic E-state index is 0.0500. The first-order chi connectivity index (χ1) is 10.5. The van der Waals surface area contributed by atoms with E-state index < -0.39 is 5.41 Å². The van der Waals surface area contributed by atoms with E-state index in [9.17, 15) is 4.79 Å². The first-order valence-electron chi connectivity index (χ1n) is 7.57. The van der Waals surface area contributed by atoms with E-state index in [1.54, 1.807) is 10.9 Å². The van der Waals surface area contributed by atoms with Gasteiger partial charge in [-0.25, -0.2) is 0 Å². The van der Waals surface area contributed by atoms with E-state index in [1.165, 1.54) is 0 Å². The maximum absolute atomic E-state index is 12.9. The summed E-state index contributed by atoms with van der Waals surface area (Å²) in [4.78, 5) is 12.9. The number of rotatable bonds is 4. The molecule has 2 aromatic rings. The van der Waals surface area contributed by atoms with E-state index in [0.29, 0.717) is 5.02 Å². The summed E-state index contributed by atoms with van der Waals surface area (Å²) >= 11 is 5.96. The first-order valence-corrected chi connectivity index (χ1v) is 7.95. The molecule has 1 aliphatic carbocycles. The van der Waals surface area contributed by atoms with E-state index in [1.807, 2.05) is 44.4 Å². The lowest BCUT2D eigenvalue weighted by molar-refractivity contribution is -0.130. The summed E-state index contributed by atoms with van der Waals surface area (Å²) in [6, 6.07) is 7.60. The summed E-state index contributed by atoms with van der Waals surface area (Å²) in [6.45, 7) is 1.99. The fourth-order valence-electron chi connectivity index (χ4n) is 3.03. The molecule has 1 atom stereocenters. The average Bonchev–Trinajstić information content (AvgIpc) is 2.86. The van der Waals surface area contributed by atoms with Crippen LogP contribution < -0.4 is 5.32 Å². The van der Waals surface area contributed by atoms with Crippen molar-refractivity contribution in [2.75, 3.05) is 0 Å².